The monoisotopic (exact) mass is 329 g/mol. The average molecular weight is 329 g/mol. The minimum atomic E-state index is 0.318. The molecule has 1 amide bonds. The van der Waals surface area contributed by atoms with E-state index in [2.05, 4.69) is 18.2 Å². The number of hydrogen-bond acceptors (Lipinski definition) is 1. The summed E-state index contributed by atoms with van der Waals surface area (Å²) in [7, 11) is 0. The Morgan fingerprint density at radius 2 is 1.79 bits per heavy atom. The summed E-state index contributed by atoms with van der Waals surface area (Å²) in [5.41, 5.74) is 2.47. The van der Waals surface area contributed by atoms with E-state index in [0.29, 0.717) is 12.5 Å². The second kappa shape index (κ2) is 7.24. The van der Waals surface area contributed by atoms with Crippen molar-refractivity contribution < 1.29 is 14.6 Å². The van der Waals surface area contributed by atoms with Crippen molar-refractivity contribution in [2.75, 3.05) is 44.2 Å². The number of piperidine rings is 2. The van der Waals surface area contributed by atoms with Crippen LogP contribution in [-0.4, -0.2) is 51.2 Å². The van der Waals surface area contributed by atoms with Crippen LogP contribution in [0.4, 0.5) is 5.69 Å². The first-order valence-corrected chi connectivity index (χ1v) is 9.87. The Balaban J connectivity index is 1.29. The molecule has 1 aromatic carbocycles. The van der Waals surface area contributed by atoms with Crippen molar-refractivity contribution in [2.45, 2.75) is 44.6 Å². The van der Waals surface area contributed by atoms with Crippen LogP contribution in [0.5, 0.6) is 0 Å². The standard InChI is InChI=1S/C20H29N3O/c24-20(23-15-8-17-6-2-3-7-19(17)23)16-21-13-9-18(10-14-21)22-11-4-1-5-12-22/h2-3,6-7,18H,1,4-5,8-16H2/p+2. The maximum atomic E-state index is 12.8. The van der Waals surface area contributed by atoms with E-state index in [9.17, 15) is 4.79 Å². The summed E-state index contributed by atoms with van der Waals surface area (Å²) in [4.78, 5) is 18.1. The van der Waals surface area contributed by atoms with E-state index < -0.39 is 0 Å². The Morgan fingerprint density at radius 1 is 1.04 bits per heavy atom. The third-order valence-corrected chi connectivity index (χ3v) is 6.36. The summed E-state index contributed by atoms with van der Waals surface area (Å²) < 4.78 is 0. The maximum Gasteiger partial charge on any atom is 0.282 e. The van der Waals surface area contributed by atoms with Gasteiger partial charge in [0.1, 0.15) is 0 Å². The first-order valence-electron chi connectivity index (χ1n) is 9.87. The van der Waals surface area contributed by atoms with Gasteiger partial charge in [0.2, 0.25) is 0 Å². The van der Waals surface area contributed by atoms with E-state index in [1.54, 1.807) is 0 Å². The van der Waals surface area contributed by atoms with Crippen LogP contribution in [0.3, 0.4) is 0 Å². The first kappa shape index (κ1) is 16.1. The number of hydrogen-bond donors (Lipinski definition) is 2. The van der Waals surface area contributed by atoms with Gasteiger partial charge >= 0.3 is 0 Å². The molecule has 2 N–H and O–H groups in total. The lowest BCUT2D eigenvalue weighted by atomic mass is 10.00. The largest absolute Gasteiger partial charge is 0.332 e. The van der Waals surface area contributed by atoms with Gasteiger partial charge in [-0.25, -0.2) is 0 Å². The second-order valence-electron chi connectivity index (χ2n) is 7.84. The molecule has 130 valence electrons. The maximum absolute atomic E-state index is 12.8. The SMILES string of the molecule is O=C(C[NH+]1CCC([NH+]2CCCCC2)CC1)N1CCc2ccccc21. The predicted molar refractivity (Wildman–Crippen MR) is 95.6 cm³/mol. The molecule has 3 heterocycles. The quantitative estimate of drug-likeness (QED) is 0.783. The highest BCUT2D eigenvalue weighted by Gasteiger charge is 2.33. The van der Waals surface area contributed by atoms with E-state index in [-0.39, 0.29) is 0 Å². The van der Waals surface area contributed by atoms with Crippen LogP contribution in [0.2, 0.25) is 0 Å². The van der Waals surface area contributed by atoms with Crippen LogP contribution in [0.15, 0.2) is 24.3 Å². The fourth-order valence-electron chi connectivity index (χ4n) is 4.93. The van der Waals surface area contributed by atoms with Crippen LogP contribution < -0.4 is 14.7 Å². The molecule has 0 radical (unpaired) electrons. The fraction of sp³-hybridized carbons (Fsp3) is 0.650. The van der Waals surface area contributed by atoms with Gasteiger partial charge < -0.3 is 14.7 Å². The highest BCUT2D eigenvalue weighted by molar-refractivity contribution is 5.96. The lowest BCUT2D eigenvalue weighted by molar-refractivity contribution is -0.958. The number of benzene rings is 1. The van der Waals surface area contributed by atoms with Gasteiger partial charge in [-0.3, -0.25) is 4.79 Å². The number of carbonyl (C=O) groups is 1. The number of carbonyl (C=O) groups excluding carboxylic acids is 1. The summed E-state index contributed by atoms with van der Waals surface area (Å²) in [6.45, 7) is 6.65. The molecule has 0 atom stereocenters. The van der Waals surface area contributed by atoms with Crippen molar-refractivity contribution >= 4 is 11.6 Å². The molecule has 4 rings (SSSR count). The third kappa shape index (κ3) is 3.35. The molecule has 0 unspecified atom stereocenters. The Bertz CT molecular complexity index is 574. The lowest BCUT2D eigenvalue weighted by Crippen LogP contribution is -3.21. The van der Waals surface area contributed by atoms with E-state index in [0.717, 1.165) is 24.7 Å². The molecule has 4 nitrogen and oxygen atoms in total. The van der Waals surface area contributed by atoms with Crippen LogP contribution >= 0.6 is 0 Å². The van der Waals surface area contributed by atoms with Crippen molar-refractivity contribution in [3.8, 4) is 0 Å². The molecular formula is C20H31N3O+2. The normalized spacial score (nSPS) is 27.9. The van der Waals surface area contributed by atoms with Crippen LogP contribution in [0, 0.1) is 0 Å². The molecule has 0 spiro atoms. The predicted octanol–water partition coefficient (Wildman–Crippen LogP) is -0.308. The molecule has 24 heavy (non-hydrogen) atoms. The molecule has 0 aliphatic carbocycles. The van der Waals surface area contributed by atoms with Gasteiger partial charge in [0.25, 0.3) is 5.91 Å². The molecule has 0 bridgehead atoms. The lowest BCUT2D eigenvalue weighted by Gasteiger charge is -2.36. The second-order valence-corrected chi connectivity index (χ2v) is 7.84. The Hall–Kier alpha value is -1.39. The molecule has 4 heteroatoms. The van der Waals surface area contributed by atoms with Gasteiger partial charge in [-0.2, -0.15) is 0 Å². The Kier molecular flexibility index (Phi) is 4.86. The number of rotatable bonds is 3. The number of nitrogens with zero attached hydrogens (tertiary/aromatic N) is 1. The van der Waals surface area contributed by atoms with Gasteiger partial charge in [-0.15, -0.1) is 0 Å². The average Bonchev–Trinajstić information content (AvgIpc) is 3.07. The van der Waals surface area contributed by atoms with Crippen molar-refractivity contribution in [2.24, 2.45) is 0 Å². The number of amides is 1. The van der Waals surface area contributed by atoms with Crippen LogP contribution in [0.1, 0.15) is 37.7 Å². The molecule has 1 aromatic rings. The van der Waals surface area contributed by atoms with Crippen molar-refractivity contribution in [1.29, 1.82) is 0 Å². The number of para-hydroxylation sites is 1. The Morgan fingerprint density at radius 3 is 2.58 bits per heavy atom. The van der Waals surface area contributed by atoms with Crippen LogP contribution in [-0.2, 0) is 11.2 Å². The zero-order chi connectivity index (χ0) is 16.4. The smallest absolute Gasteiger partial charge is 0.282 e. The molecule has 0 aromatic heterocycles. The number of likely N-dealkylation sites (tertiary alicyclic amines) is 2. The van der Waals surface area contributed by atoms with Gasteiger partial charge in [-0.1, -0.05) is 18.2 Å². The number of fused-ring (bicyclic) bond motifs is 1. The molecule has 0 saturated carbocycles. The zero-order valence-corrected chi connectivity index (χ0v) is 14.7. The molecule has 2 fully saturated rings. The van der Waals surface area contributed by atoms with Crippen molar-refractivity contribution in [3.63, 3.8) is 0 Å². The summed E-state index contributed by atoms with van der Waals surface area (Å²) >= 11 is 0. The van der Waals surface area contributed by atoms with E-state index >= 15 is 0 Å². The third-order valence-electron chi connectivity index (χ3n) is 6.36. The van der Waals surface area contributed by atoms with Gasteiger partial charge in [0.15, 0.2) is 6.54 Å². The topological polar surface area (TPSA) is 29.2 Å². The minimum Gasteiger partial charge on any atom is -0.332 e. The zero-order valence-electron chi connectivity index (χ0n) is 14.7. The van der Waals surface area contributed by atoms with Crippen LogP contribution in [0.25, 0.3) is 0 Å². The number of anilines is 1. The molecule has 3 aliphatic heterocycles. The molecular weight excluding hydrogens is 298 g/mol. The highest BCUT2D eigenvalue weighted by Crippen LogP contribution is 2.27. The van der Waals surface area contributed by atoms with Gasteiger partial charge in [-0.05, 0) is 37.3 Å². The Labute approximate surface area is 145 Å². The fourth-order valence-corrected chi connectivity index (χ4v) is 4.93. The van der Waals surface area contributed by atoms with Gasteiger partial charge in [0, 0.05) is 25.1 Å². The summed E-state index contributed by atoms with van der Waals surface area (Å²) in [6.07, 6.45) is 7.87. The van der Waals surface area contributed by atoms with Crippen molar-refractivity contribution in [1.82, 2.24) is 0 Å². The first-order chi connectivity index (χ1) is 11.8. The van der Waals surface area contributed by atoms with E-state index in [1.165, 1.54) is 68.7 Å². The molecule has 2 saturated heterocycles. The number of nitrogens with one attached hydrogen (secondary N) is 2. The minimum absolute atomic E-state index is 0.318. The van der Waals surface area contributed by atoms with E-state index in [1.807, 2.05) is 15.9 Å². The highest BCUT2D eigenvalue weighted by atomic mass is 16.2. The molecule has 3 aliphatic rings. The summed E-state index contributed by atoms with van der Waals surface area (Å²) in [5.74, 6) is 0.318. The summed E-state index contributed by atoms with van der Waals surface area (Å²) in [6, 6.07) is 9.23. The number of quaternary nitrogens is 2. The van der Waals surface area contributed by atoms with E-state index in [4.69, 9.17) is 0 Å². The van der Waals surface area contributed by atoms with Crippen molar-refractivity contribution in [3.05, 3.63) is 29.8 Å². The summed E-state index contributed by atoms with van der Waals surface area (Å²) in [5, 5.41) is 0. The van der Waals surface area contributed by atoms with Gasteiger partial charge in [0.05, 0.1) is 32.2 Å².